The van der Waals surface area contributed by atoms with Crippen LogP contribution in [0.1, 0.15) is 55.5 Å². The predicted molar refractivity (Wildman–Crippen MR) is 84.7 cm³/mol. The van der Waals surface area contributed by atoms with Crippen molar-refractivity contribution in [2.24, 2.45) is 7.05 Å². The van der Waals surface area contributed by atoms with Crippen LogP contribution in [-0.2, 0) is 23.1 Å². The maximum Gasteiger partial charge on any atom is 0.303 e. The number of carbonyl (C=O) groups excluding carboxylic acids is 1. The number of unbranched alkanes of at least 4 members (excludes halogenated alkanes) is 4. The van der Waals surface area contributed by atoms with Gasteiger partial charge in [-0.3, -0.25) is 14.3 Å². The number of nitrogens with zero attached hydrogens (tertiary/aromatic N) is 2. The summed E-state index contributed by atoms with van der Waals surface area (Å²) in [6.07, 6.45) is 5.28. The van der Waals surface area contributed by atoms with Crippen molar-refractivity contribution in [2.75, 3.05) is 6.54 Å². The van der Waals surface area contributed by atoms with E-state index in [1.165, 1.54) is 0 Å². The zero-order chi connectivity index (χ0) is 16.5. The first-order chi connectivity index (χ1) is 10.4. The summed E-state index contributed by atoms with van der Waals surface area (Å²) in [6.45, 7) is 4.57. The molecule has 6 heteroatoms. The van der Waals surface area contributed by atoms with Crippen LogP contribution < -0.4 is 5.32 Å². The lowest BCUT2D eigenvalue weighted by Crippen LogP contribution is -2.26. The van der Waals surface area contributed by atoms with Crippen molar-refractivity contribution in [3.05, 3.63) is 17.0 Å². The molecule has 6 nitrogen and oxygen atoms in total. The second-order valence-corrected chi connectivity index (χ2v) is 5.71. The third-order valence-electron chi connectivity index (χ3n) is 3.89. The maximum atomic E-state index is 11.9. The summed E-state index contributed by atoms with van der Waals surface area (Å²) >= 11 is 0. The smallest absolute Gasteiger partial charge is 0.303 e. The average Bonchev–Trinajstić information content (AvgIpc) is 2.68. The number of hydrogen-bond acceptors (Lipinski definition) is 3. The first-order valence-electron chi connectivity index (χ1n) is 7.89. The molecule has 0 fully saturated rings. The summed E-state index contributed by atoms with van der Waals surface area (Å²) < 4.78 is 1.80. The second kappa shape index (κ2) is 9.23. The summed E-state index contributed by atoms with van der Waals surface area (Å²) in [4.78, 5) is 22.3. The van der Waals surface area contributed by atoms with Gasteiger partial charge < -0.3 is 10.4 Å². The van der Waals surface area contributed by atoms with E-state index in [9.17, 15) is 9.59 Å². The van der Waals surface area contributed by atoms with E-state index >= 15 is 0 Å². The number of rotatable bonds is 10. The molecule has 1 aromatic heterocycles. The number of nitrogens with one attached hydrogen (secondary N) is 1. The Morgan fingerprint density at radius 1 is 1.14 bits per heavy atom. The van der Waals surface area contributed by atoms with Crippen molar-refractivity contribution in [3.63, 3.8) is 0 Å². The molecule has 0 aliphatic carbocycles. The molecular formula is C16H27N3O3. The number of carboxylic acid groups (broad SMARTS) is 1. The molecule has 0 bridgehead atoms. The quantitative estimate of drug-likeness (QED) is 0.648. The van der Waals surface area contributed by atoms with Gasteiger partial charge in [0.25, 0.3) is 0 Å². The summed E-state index contributed by atoms with van der Waals surface area (Å²) in [7, 11) is 1.88. The van der Waals surface area contributed by atoms with E-state index in [0.29, 0.717) is 13.0 Å². The number of carbonyl (C=O) groups is 2. The van der Waals surface area contributed by atoms with Crippen molar-refractivity contribution < 1.29 is 14.7 Å². The van der Waals surface area contributed by atoms with E-state index < -0.39 is 5.97 Å². The second-order valence-electron chi connectivity index (χ2n) is 5.71. The molecule has 1 rings (SSSR count). The molecule has 0 radical (unpaired) electrons. The highest BCUT2D eigenvalue weighted by Crippen LogP contribution is 2.12. The van der Waals surface area contributed by atoms with E-state index in [2.05, 4.69) is 10.4 Å². The van der Waals surface area contributed by atoms with Gasteiger partial charge in [-0.25, -0.2) is 0 Å². The maximum absolute atomic E-state index is 11.9. The Balaban J connectivity index is 2.12. The molecule has 0 aliphatic heterocycles. The Hall–Kier alpha value is -1.85. The summed E-state index contributed by atoms with van der Waals surface area (Å²) in [5, 5.41) is 15.8. The number of aromatic nitrogens is 2. The molecule has 0 saturated carbocycles. The molecule has 124 valence electrons. The van der Waals surface area contributed by atoms with Crippen LogP contribution in [0.2, 0.25) is 0 Å². The van der Waals surface area contributed by atoms with Crippen molar-refractivity contribution in [1.82, 2.24) is 15.1 Å². The highest BCUT2D eigenvalue weighted by molar-refractivity contribution is 5.79. The van der Waals surface area contributed by atoms with Gasteiger partial charge in [-0.2, -0.15) is 5.10 Å². The van der Waals surface area contributed by atoms with Crippen molar-refractivity contribution >= 4 is 11.9 Å². The molecule has 1 aromatic rings. The fourth-order valence-corrected chi connectivity index (χ4v) is 2.46. The van der Waals surface area contributed by atoms with Gasteiger partial charge in [-0.15, -0.1) is 0 Å². The van der Waals surface area contributed by atoms with E-state index in [0.717, 1.165) is 49.1 Å². The van der Waals surface area contributed by atoms with Crippen LogP contribution in [0.15, 0.2) is 0 Å². The molecule has 2 N–H and O–H groups in total. The lowest BCUT2D eigenvalue weighted by molar-refractivity contribution is -0.137. The Kier molecular flexibility index (Phi) is 7.63. The molecular weight excluding hydrogens is 282 g/mol. The lowest BCUT2D eigenvalue weighted by atomic mass is 10.1. The van der Waals surface area contributed by atoms with E-state index in [-0.39, 0.29) is 12.3 Å². The molecule has 22 heavy (non-hydrogen) atoms. The van der Waals surface area contributed by atoms with Crippen LogP contribution in [0.25, 0.3) is 0 Å². The normalized spacial score (nSPS) is 10.7. The van der Waals surface area contributed by atoms with Crippen LogP contribution in [0.3, 0.4) is 0 Å². The first-order valence-corrected chi connectivity index (χ1v) is 7.89. The van der Waals surface area contributed by atoms with Crippen molar-refractivity contribution in [2.45, 2.75) is 58.8 Å². The van der Waals surface area contributed by atoms with Gasteiger partial charge in [0.2, 0.25) is 5.91 Å². The third-order valence-corrected chi connectivity index (χ3v) is 3.89. The van der Waals surface area contributed by atoms with Gasteiger partial charge >= 0.3 is 5.97 Å². The Morgan fingerprint density at radius 3 is 2.36 bits per heavy atom. The third kappa shape index (κ3) is 6.28. The fraction of sp³-hybridized carbons (Fsp3) is 0.688. The minimum absolute atomic E-state index is 0.0325. The number of carboxylic acids is 1. The van der Waals surface area contributed by atoms with Crippen LogP contribution in [0.4, 0.5) is 0 Å². The summed E-state index contributed by atoms with van der Waals surface area (Å²) in [5.41, 5.74) is 2.95. The summed E-state index contributed by atoms with van der Waals surface area (Å²) in [5.74, 6) is -0.696. The average molecular weight is 309 g/mol. The standard InChI is InChI=1S/C16H27N3O3/c1-12-14(13(2)19(3)18-12)11-15(20)17-10-8-6-4-5-7-9-16(21)22/h4-11H2,1-3H3,(H,17,20)(H,21,22). The topological polar surface area (TPSA) is 84.2 Å². The zero-order valence-corrected chi connectivity index (χ0v) is 13.8. The number of amides is 1. The Morgan fingerprint density at radius 2 is 1.77 bits per heavy atom. The molecule has 0 aliphatic rings. The van der Waals surface area contributed by atoms with Gasteiger partial charge in [-0.05, 0) is 26.7 Å². The Labute approximate surface area is 131 Å². The SMILES string of the molecule is Cc1nn(C)c(C)c1CC(=O)NCCCCCCCC(=O)O. The summed E-state index contributed by atoms with van der Waals surface area (Å²) in [6, 6.07) is 0. The lowest BCUT2D eigenvalue weighted by Gasteiger charge is -2.06. The van der Waals surface area contributed by atoms with Crippen LogP contribution in [-0.4, -0.2) is 33.3 Å². The van der Waals surface area contributed by atoms with Gasteiger partial charge in [-0.1, -0.05) is 19.3 Å². The van der Waals surface area contributed by atoms with Gasteiger partial charge in [0, 0.05) is 31.3 Å². The molecule has 1 heterocycles. The molecule has 0 aromatic carbocycles. The molecule has 0 unspecified atom stereocenters. The highest BCUT2D eigenvalue weighted by atomic mass is 16.4. The minimum atomic E-state index is -0.728. The van der Waals surface area contributed by atoms with Crippen molar-refractivity contribution in [1.29, 1.82) is 0 Å². The zero-order valence-electron chi connectivity index (χ0n) is 13.8. The van der Waals surface area contributed by atoms with Crippen LogP contribution >= 0.6 is 0 Å². The van der Waals surface area contributed by atoms with Gasteiger partial charge in [0.05, 0.1) is 12.1 Å². The molecule has 0 saturated heterocycles. The van der Waals surface area contributed by atoms with Crippen LogP contribution in [0, 0.1) is 13.8 Å². The first kappa shape index (κ1) is 18.2. The predicted octanol–water partition coefficient (Wildman–Crippen LogP) is 2.12. The number of aryl methyl sites for hydroxylation is 2. The highest BCUT2D eigenvalue weighted by Gasteiger charge is 2.12. The molecule has 1 amide bonds. The fourth-order valence-electron chi connectivity index (χ4n) is 2.46. The molecule has 0 atom stereocenters. The van der Waals surface area contributed by atoms with Crippen molar-refractivity contribution in [3.8, 4) is 0 Å². The monoisotopic (exact) mass is 309 g/mol. The number of aliphatic carboxylic acids is 1. The Bertz CT molecular complexity index is 509. The van der Waals surface area contributed by atoms with Gasteiger partial charge in [0.1, 0.15) is 0 Å². The molecule has 0 spiro atoms. The largest absolute Gasteiger partial charge is 0.481 e. The minimum Gasteiger partial charge on any atom is -0.481 e. The number of hydrogen-bond donors (Lipinski definition) is 2. The van der Waals surface area contributed by atoms with E-state index in [1.54, 1.807) is 4.68 Å². The van der Waals surface area contributed by atoms with E-state index in [4.69, 9.17) is 5.11 Å². The van der Waals surface area contributed by atoms with Crippen LogP contribution in [0.5, 0.6) is 0 Å². The van der Waals surface area contributed by atoms with E-state index in [1.807, 2.05) is 20.9 Å². The van der Waals surface area contributed by atoms with Gasteiger partial charge in [0.15, 0.2) is 0 Å².